The second kappa shape index (κ2) is 9.78. The number of carbonyl (C=O) groups is 5. The van der Waals surface area contributed by atoms with Crippen LogP contribution in [-0.2, 0) is 9.53 Å². The number of ether oxygens (including phenoxy) is 1. The average Bonchev–Trinajstić information content (AvgIpc) is 3.06. The number of imide groups is 1. The highest BCUT2D eigenvalue weighted by molar-refractivity contribution is 6.30. The smallest absolute Gasteiger partial charge is 0.340 e. The van der Waals surface area contributed by atoms with Gasteiger partial charge in [0.2, 0.25) is 0 Å². The number of rotatable bonds is 6. The molecule has 176 valence electrons. The summed E-state index contributed by atoms with van der Waals surface area (Å²) >= 11 is 5.84. The van der Waals surface area contributed by atoms with E-state index in [0.717, 1.165) is 4.90 Å². The second-order valence-electron chi connectivity index (χ2n) is 7.56. The van der Waals surface area contributed by atoms with Gasteiger partial charge in [0.1, 0.15) is 0 Å². The van der Waals surface area contributed by atoms with E-state index >= 15 is 0 Å². The van der Waals surface area contributed by atoms with Crippen LogP contribution in [0.15, 0.2) is 66.7 Å². The normalized spacial score (nSPS) is 12.2. The Morgan fingerprint density at radius 3 is 2.31 bits per heavy atom. The summed E-state index contributed by atoms with van der Waals surface area (Å²) in [6, 6.07) is 16.8. The fraction of sp³-hybridized carbons (Fsp3) is 0.0800. The van der Waals surface area contributed by atoms with E-state index in [1.165, 1.54) is 37.4 Å². The molecular weight excluding hydrogens is 474 g/mol. The van der Waals surface area contributed by atoms with Crippen LogP contribution in [-0.4, -0.2) is 48.2 Å². The number of hydrogen-bond donors (Lipinski definition) is 2. The number of esters is 1. The summed E-state index contributed by atoms with van der Waals surface area (Å²) in [6.07, 6.45) is 0. The lowest BCUT2D eigenvalue weighted by atomic mass is 10.1. The highest BCUT2D eigenvalue weighted by atomic mass is 35.5. The fourth-order valence-electron chi connectivity index (χ4n) is 3.41. The quantitative estimate of drug-likeness (QED) is 0.401. The van der Waals surface area contributed by atoms with E-state index < -0.39 is 36.2 Å². The van der Waals surface area contributed by atoms with Crippen LogP contribution in [0.3, 0.4) is 0 Å². The summed E-state index contributed by atoms with van der Waals surface area (Å²) in [5, 5.41) is 5.65. The van der Waals surface area contributed by atoms with Crippen molar-refractivity contribution in [3.05, 3.63) is 94.0 Å². The van der Waals surface area contributed by atoms with Gasteiger partial charge in [0, 0.05) is 23.3 Å². The molecule has 0 atom stereocenters. The van der Waals surface area contributed by atoms with Gasteiger partial charge in [-0.2, -0.15) is 0 Å². The first-order valence-corrected chi connectivity index (χ1v) is 10.7. The van der Waals surface area contributed by atoms with E-state index in [9.17, 15) is 24.0 Å². The maximum atomic E-state index is 12.6. The molecule has 1 aliphatic heterocycles. The first-order chi connectivity index (χ1) is 16.7. The number of benzene rings is 3. The maximum absolute atomic E-state index is 12.6. The minimum absolute atomic E-state index is 0.0623. The predicted octanol–water partition coefficient (Wildman–Crippen LogP) is 3.61. The first kappa shape index (κ1) is 23.7. The van der Waals surface area contributed by atoms with Crippen molar-refractivity contribution in [1.29, 1.82) is 0 Å². The number of fused-ring (bicyclic) bond motifs is 1. The van der Waals surface area contributed by atoms with Gasteiger partial charge in [-0.25, -0.2) is 4.79 Å². The number of carbonyl (C=O) groups excluding carboxylic acids is 5. The standard InChI is InChI=1S/C25H18ClN3O6/c1-29-23(32)17-11-10-16(12-19(17)24(29)33)27-21(30)13-35-25(34)18-4-2-3-5-20(18)28-22(31)14-6-8-15(26)9-7-14/h2-12H,13H2,1H3,(H,27,30)(H,28,31). The number of amides is 4. The third-order valence-corrected chi connectivity index (χ3v) is 5.46. The van der Waals surface area contributed by atoms with Crippen LogP contribution in [0.4, 0.5) is 11.4 Å². The lowest BCUT2D eigenvalue weighted by Gasteiger charge is -2.11. The molecule has 1 aliphatic rings. The van der Waals surface area contributed by atoms with Gasteiger partial charge in [0.05, 0.1) is 22.4 Å². The van der Waals surface area contributed by atoms with Crippen LogP contribution in [0.1, 0.15) is 41.4 Å². The summed E-state index contributed by atoms with van der Waals surface area (Å²) in [4.78, 5) is 62.5. The number of nitrogens with zero attached hydrogens (tertiary/aromatic N) is 1. The number of para-hydroxylation sites is 1. The number of anilines is 2. The van der Waals surface area contributed by atoms with Gasteiger partial charge in [-0.15, -0.1) is 0 Å². The lowest BCUT2D eigenvalue weighted by Crippen LogP contribution is -2.24. The molecule has 4 amide bonds. The number of halogens is 1. The molecule has 0 spiro atoms. The van der Waals surface area contributed by atoms with Crippen molar-refractivity contribution in [2.24, 2.45) is 0 Å². The van der Waals surface area contributed by atoms with Gasteiger partial charge < -0.3 is 15.4 Å². The Hall–Kier alpha value is -4.50. The molecule has 4 rings (SSSR count). The van der Waals surface area contributed by atoms with Crippen molar-refractivity contribution in [3.8, 4) is 0 Å². The van der Waals surface area contributed by atoms with E-state index in [1.807, 2.05) is 0 Å². The van der Waals surface area contributed by atoms with Gasteiger partial charge in [0.15, 0.2) is 6.61 Å². The zero-order valence-corrected chi connectivity index (χ0v) is 19.1. The van der Waals surface area contributed by atoms with Crippen molar-refractivity contribution >= 4 is 52.6 Å². The highest BCUT2D eigenvalue weighted by Gasteiger charge is 2.32. The van der Waals surface area contributed by atoms with Crippen LogP contribution in [0.2, 0.25) is 5.02 Å². The van der Waals surface area contributed by atoms with Crippen molar-refractivity contribution in [2.75, 3.05) is 24.3 Å². The minimum atomic E-state index is -0.816. The molecule has 1 heterocycles. The molecule has 2 N–H and O–H groups in total. The molecule has 0 saturated heterocycles. The van der Waals surface area contributed by atoms with E-state index in [2.05, 4.69) is 10.6 Å². The zero-order chi connectivity index (χ0) is 25.1. The van der Waals surface area contributed by atoms with E-state index in [4.69, 9.17) is 16.3 Å². The Morgan fingerprint density at radius 2 is 1.57 bits per heavy atom. The summed E-state index contributed by atoms with van der Waals surface area (Å²) in [5.74, 6) is -2.80. The molecular formula is C25H18ClN3O6. The van der Waals surface area contributed by atoms with Crippen molar-refractivity contribution < 1.29 is 28.7 Å². The lowest BCUT2D eigenvalue weighted by molar-refractivity contribution is -0.119. The molecule has 0 unspecified atom stereocenters. The molecule has 3 aromatic carbocycles. The van der Waals surface area contributed by atoms with Crippen LogP contribution in [0, 0.1) is 0 Å². The molecule has 0 saturated carbocycles. The van der Waals surface area contributed by atoms with Crippen molar-refractivity contribution in [3.63, 3.8) is 0 Å². The summed E-state index contributed by atoms with van der Waals surface area (Å²) < 4.78 is 5.10. The van der Waals surface area contributed by atoms with Crippen LogP contribution < -0.4 is 10.6 Å². The zero-order valence-electron chi connectivity index (χ0n) is 18.3. The molecule has 0 radical (unpaired) electrons. The number of nitrogens with one attached hydrogen (secondary N) is 2. The SMILES string of the molecule is CN1C(=O)c2ccc(NC(=O)COC(=O)c3ccccc3NC(=O)c3ccc(Cl)cc3)cc2C1=O. The summed E-state index contributed by atoms with van der Waals surface area (Å²) in [7, 11) is 1.37. The predicted molar refractivity (Wildman–Crippen MR) is 128 cm³/mol. The topological polar surface area (TPSA) is 122 Å². The van der Waals surface area contributed by atoms with Gasteiger partial charge >= 0.3 is 5.97 Å². The van der Waals surface area contributed by atoms with Crippen LogP contribution in [0.25, 0.3) is 0 Å². The third kappa shape index (κ3) is 5.04. The van der Waals surface area contributed by atoms with Crippen LogP contribution in [0.5, 0.6) is 0 Å². The molecule has 35 heavy (non-hydrogen) atoms. The Kier molecular flexibility index (Phi) is 6.61. The van der Waals surface area contributed by atoms with E-state index in [0.29, 0.717) is 10.6 Å². The fourth-order valence-corrected chi connectivity index (χ4v) is 3.54. The molecule has 3 aromatic rings. The molecule has 9 nitrogen and oxygen atoms in total. The molecule has 0 bridgehead atoms. The van der Waals surface area contributed by atoms with Crippen LogP contribution >= 0.6 is 11.6 Å². The molecule has 0 aliphatic carbocycles. The third-order valence-electron chi connectivity index (χ3n) is 5.21. The van der Waals surface area contributed by atoms with Gasteiger partial charge in [-0.1, -0.05) is 23.7 Å². The molecule has 0 aromatic heterocycles. The average molecular weight is 492 g/mol. The monoisotopic (exact) mass is 491 g/mol. The Balaban J connectivity index is 1.38. The Bertz CT molecular complexity index is 1370. The molecule has 10 heteroatoms. The van der Waals surface area contributed by atoms with Crippen molar-refractivity contribution in [1.82, 2.24) is 4.90 Å². The Morgan fingerprint density at radius 1 is 0.886 bits per heavy atom. The van der Waals surface area contributed by atoms with E-state index in [-0.39, 0.29) is 28.1 Å². The number of hydrogen-bond acceptors (Lipinski definition) is 6. The summed E-state index contributed by atoms with van der Waals surface area (Å²) in [6.45, 7) is -0.609. The maximum Gasteiger partial charge on any atom is 0.340 e. The molecule has 0 fully saturated rings. The van der Waals surface area contributed by atoms with Gasteiger partial charge in [-0.05, 0) is 54.6 Å². The summed E-state index contributed by atoms with van der Waals surface area (Å²) in [5.41, 5.74) is 1.32. The first-order valence-electron chi connectivity index (χ1n) is 10.3. The van der Waals surface area contributed by atoms with Gasteiger partial charge in [0.25, 0.3) is 23.6 Å². The Labute approximate surface area is 204 Å². The van der Waals surface area contributed by atoms with E-state index in [1.54, 1.807) is 36.4 Å². The van der Waals surface area contributed by atoms with Crippen molar-refractivity contribution in [2.45, 2.75) is 0 Å². The largest absolute Gasteiger partial charge is 0.452 e. The minimum Gasteiger partial charge on any atom is -0.452 e. The highest BCUT2D eigenvalue weighted by Crippen LogP contribution is 2.25. The van der Waals surface area contributed by atoms with Gasteiger partial charge in [-0.3, -0.25) is 24.1 Å². The second-order valence-corrected chi connectivity index (χ2v) is 8.00.